The molecule has 3 aliphatic carbocycles. The van der Waals surface area contributed by atoms with E-state index in [2.05, 4.69) is 0 Å². The van der Waals surface area contributed by atoms with Gasteiger partial charge in [0.2, 0.25) is 5.91 Å². The summed E-state index contributed by atoms with van der Waals surface area (Å²) in [4.78, 5) is 14.4. The minimum atomic E-state index is 0.187. The lowest BCUT2D eigenvalue weighted by Gasteiger charge is -2.22. The Balaban J connectivity index is 1.60. The van der Waals surface area contributed by atoms with Crippen molar-refractivity contribution in [3.05, 3.63) is 0 Å². The summed E-state index contributed by atoms with van der Waals surface area (Å²) >= 11 is 0. The molecule has 4 unspecified atom stereocenters. The molecule has 3 aliphatic rings. The van der Waals surface area contributed by atoms with E-state index >= 15 is 0 Å². The highest BCUT2D eigenvalue weighted by Gasteiger charge is 2.67. The van der Waals surface area contributed by atoms with E-state index in [-0.39, 0.29) is 6.61 Å². The summed E-state index contributed by atoms with van der Waals surface area (Å²) in [7, 11) is 0. The van der Waals surface area contributed by atoms with Gasteiger partial charge in [0.1, 0.15) is 0 Å². The van der Waals surface area contributed by atoms with Gasteiger partial charge >= 0.3 is 0 Å². The molecule has 3 heteroatoms. The van der Waals surface area contributed by atoms with Crippen molar-refractivity contribution in [2.75, 3.05) is 19.7 Å². The predicted octanol–water partition coefficient (Wildman–Crippen LogP) is 1.51. The quantitative estimate of drug-likeness (QED) is 0.787. The van der Waals surface area contributed by atoms with Gasteiger partial charge in [-0.15, -0.1) is 0 Å². The summed E-state index contributed by atoms with van der Waals surface area (Å²) in [6, 6.07) is 0. The van der Waals surface area contributed by atoms with Crippen LogP contribution in [0.4, 0.5) is 0 Å². The first-order valence-corrected chi connectivity index (χ1v) is 7.17. The van der Waals surface area contributed by atoms with E-state index in [1.165, 1.54) is 19.3 Å². The van der Waals surface area contributed by atoms with E-state index in [4.69, 9.17) is 5.11 Å². The second-order valence-corrected chi connectivity index (χ2v) is 6.01. The van der Waals surface area contributed by atoms with Crippen LogP contribution < -0.4 is 0 Å². The average Bonchev–Trinajstić information content (AvgIpc) is 2.78. The number of amides is 1. The van der Waals surface area contributed by atoms with E-state index in [9.17, 15) is 4.79 Å². The molecule has 17 heavy (non-hydrogen) atoms. The average molecular weight is 237 g/mol. The lowest BCUT2D eigenvalue weighted by molar-refractivity contribution is -0.133. The molecular weight excluding hydrogens is 214 g/mol. The first kappa shape index (κ1) is 11.5. The molecule has 0 radical (unpaired) electrons. The van der Waals surface area contributed by atoms with Crippen LogP contribution in [0, 0.1) is 29.6 Å². The van der Waals surface area contributed by atoms with Gasteiger partial charge in [0.05, 0.1) is 0 Å². The number of aliphatic hydroxyl groups excluding tert-OH is 1. The molecular formula is C14H23NO2. The highest BCUT2D eigenvalue weighted by molar-refractivity contribution is 5.83. The standard InChI is InChI=1S/C14H23NO2/c1-2-15(6-3-7-16)14(17)13-11-9-4-5-10(8-9)12(11)13/h9-13,16H,2-8H2,1H3. The number of carbonyl (C=O) groups excluding carboxylic acids is 1. The smallest absolute Gasteiger partial charge is 0.226 e. The maximum absolute atomic E-state index is 12.4. The summed E-state index contributed by atoms with van der Waals surface area (Å²) in [5.41, 5.74) is 0. The molecule has 3 nitrogen and oxygen atoms in total. The number of aliphatic hydroxyl groups is 1. The highest BCUT2D eigenvalue weighted by Crippen LogP contribution is 2.69. The molecule has 0 saturated heterocycles. The Bertz CT molecular complexity index is 301. The topological polar surface area (TPSA) is 40.5 Å². The molecule has 2 bridgehead atoms. The van der Waals surface area contributed by atoms with Crippen molar-refractivity contribution in [3.8, 4) is 0 Å². The summed E-state index contributed by atoms with van der Waals surface area (Å²) < 4.78 is 0. The SMILES string of the molecule is CCN(CCCO)C(=O)C1C2C3CCC(C3)C12. The van der Waals surface area contributed by atoms with Gasteiger partial charge in [0.25, 0.3) is 0 Å². The molecule has 3 fully saturated rings. The summed E-state index contributed by atoms with van der Waals surface area (Å²) in [5.74, 6) is 3.97. The maximum Gasteiger partial charge on any atom is 0.226 e. The van der Waals surface area contributed by atoms with Crippen LogP contribution in [-0.4, -0.2) is 35.6 Å². The molecule has 96 valence electrons. The zero-order valence-electron chi connectivity index (χ0n) is 10.6. The minimum absolute atomic E-state index is 0.187. The second kappa shape index (κ2) is 4.27. The van der Waals surface area contributed by atoms with Crippen LogP contribution in [-0.2, 0) is 4.79 Å². The van der Waals surface area contributed by atoms with Crippen molar-refractivity contribution < 1.29 is 9.90 Å². The number of rotatable bonds is 5. The van der Waals surface area contributed by atoms with Crippen molar-refractivity contribution in [1.82, 2.24) is 4.90 Å². The van der Waals surface area contributed by atoms with Crippen LogP contribution >= 0.6 is 0 Å². The van der Waals surface area contributed by atoms with Crippen LogP contribution in [0.3, 0.4) is 0 Å². The third-order valence-corrected chi connectivity index (χ3v) is 5.30. The van der Waals surface area contributed by atoms with E-state index in [1.807, 2.05) is 11.8 Å². The Kier molecular flexibility index (Phi) is 2.89. The zero-order chi connectivity index (χ0) is 12.0. The molecule has 3 saturated carbocycles. The van der Waals surface area contributed by atoms with Gasteiger partial charge in [-0.3, -0.25) is 4.79 Å². The van der Waals surface area contributed by atoms with E-state index in [0.717, 1.165) is 36.8 Å². The summed E-state index contributed by atoms with van der Waals surface area (Å²) in [6.45, 7) is 3.76. The van der Waals surface area contributed by atoms with Crippen molar-refractivity contribution >= 4 is 5.91 Å². The fourth-order valence-electron chi connectivity index (χ4n) is 4.55. The molecule has 1 N–H and O–H groups in total. The maximum atomic E-state index is 12.4. The van der Waals surface area contributed by atoms with Gasteiger partial charge in [-0.2, -0.15) is 0 Å². The van der Waals surface area contributed by atoms with Gasteiger partial charge in [-0.05, 0) is 56.3 Å². The molecule has 3 rings (SSSR count). The molecule has 0 heterocycles. The fraction of sp³-hybridized carbons (Fsp3) is 0.929. The van der Waals surface area contributed by atoms with E-state index in [1.54, 1.807) is 0 Å². The Morgan fingerprint density at radius 1 is 1.29 bits per heavy atom. The predicted molar refractivity (Wildman–Crippen MR) is 65.3 cm³/mol. The third kappa shape index (κ3) is 1.70. The minimum Gasteiger partial charge on any atom is -0.396 e. The van der Waals surface area contributed by atoms with E-state index < -0.39 is 0 Å². The van der Waals surface area contributed by atoms with E-state index in [0.29, 0.717) is 18.2 Å². The van der Waals surface area contributed by atoms with Gasteiger partial charge in [0.15, 0.2) is 0 Å². The molecule has 1 amide bonds. The largest absolute Gasteiger partial charge is 0.396 e. The lowest BCUT2D eigenvalue weighted by atomic mass is 10.0. The highest BCUT2D eigenvalue weighted by atomic mass is 16.3. The monoisotopic (exact) mass is 237 g/mol. The molecule has 0 aromatic carbocycles. The van der Waals surface area contributed by atoms with Crippen molar-refractivity contribution in [2.45, 2.75) is 32.6 Å². The Morgan fingerprint density at radius 2 is 1.94 bits per heavy atom. The molecule has 0 aromatic heterocycles. The first-order valence-electron chi connectivity index (χ1n) is 7.17. The first-order chi connectivity index (χ1) is 8.27. The van der Waals surface area contributed by atoms with Crippen LogP contribution in [0.15, 0.2) is 0 Å². The van der Waals surface area contributed by atoms with Crippen LogP contribution in [0.1, 0.15) is 32.6 Å². The number of carbonyl (C=O) groups is 1. The van der Waals surface area contributed by atoms with Gasteiger partial charge in [-0.1, -0.05) is 0 Å². The Morgan fingerprint density at radius 3 is 2.47 bits per heavy atom. The third-order valence-electron chi connectivity index (χ3n) is 5.30. The number of hydrogen-bond acceptors (Lipinski definition) is 2. The Labute approximate surface area is 103 Å². The van der Waals surface area contributed by atoms with Crippen LogP contribution in [0.25, 0.3) is 0 Å². The van der Waals surface area contributed by atoms with Gasteiger partial charge in [0, 0.05) is 25.6 Å². The van der Waals surface area contributed by atoms with Crippen molar-refractivity contribution in [2.24, 2.45) is 29.6 Å². The van der Waals surface area contributed by atoms with Crippen LogP contribution in [0.2, 0.25) is 0 Å². The normalized spacial score (nSPS) is 41.4. The Hall–Kier alpha value is -0.570. The van der Waals surface area contributed by atoms with Crippen molar-refractivity contribution in [3.63, 3.8) is 0 Å². The second-order valence-electron chi connectivity index (χ2n) is 6.01. The number of nitrogens with zero attached hydrogens (tertiary/aromatic N) is 1. The number of fused-ring (bicyclic) bond motifs is 5. The van der Waals surface area contributed by atoms with Gasteiger partial charge in [-0.25, -0.2) is 0 Å². The lowest BCUT2D eigenvalue weighted by Crippen LogP contribution is -2.35. The zero-order valence-corrected chi connectivity index (χ0v) is 10.6. The summed E-state index contributed by atoms with van der Waals surface area (Å²) in [5, 5.41) is 8.86. The molecule has 0 aromatic rings. The fourth-order valence-corrected chi connectivity index (χ4v) is 4.55. The van der Waals surface area contributed by atoms with Crippen molar-refractivity contribution in [1.29, 1.82) is 0 Å². The molecule has 4 atom stereocenters. The number of hydrogen-bond donors (Lipinski definition) is 1. The van der Waals surface area contributed by atoms with Crippen LogP contribution in [0.5, 0.6) is 0 Å². The summed E-state index contributed by atoms with van der Waals surface area (Å²) in [6.07, 6.45) is 4.87. The molecule has 0 spiro atoms. The molecule has 0 aliphatic heterocycles. The van der Waals surface area contributed by atoms with Gasteiger partial charge < -0.3 is 10.0 Å².